The van der Waals surface area contributed by atoms with E-state index in [2.05, 4.69) is 22.8 Å². The van der Waals surface area contributed by atoms with Crippen molar-refractivity contribution in [2.75, 3.05) is 32.2 Å². The van der Waals surface area contributed by atoms with Gasteiger partial charge >= 0.3 is 0 Å². The van der Waals surface area contributed by atoms with Gasteiger partial charge in [-0.3, -0.25) is 9.59 Å². The predicted octanol–water partition coefficient (Wildman–Crippen LogP) is 4.49. The minimum absolute atomic E-state index is 0.213. The van der Waals surface area contributed by atoms with Crippen molar-refractivity contribution >= 4 is 28.8 Å². The Kier molecular flexibility index (Phi) is 6.87. The molecule has 6 nitrogen and oxygen atoms in total. The molecule has 4 rings (SSSR count). The lowest BCUT2D eigenvalue weighted by atomic mass is 9.74. The van der Waals surface area contributed by atoms with E-state index < -0.39 is 0 Å². The van der Waals surface area contributed by atoms with Crippen molar-refractivity contribution in [1.82, 2.24) is 5.32 Å². The number of anilines is 1. The Balaban J connectivity index is 1.51. The largest absolute Gasteiger partial charge is 0.497 e. The maximum atomic E-state index is 13.1. The van der Waals surface area contributed by atoms with E-state index in [1.807, 2.05) is 17.5 Å². The molecular formula is C25H26N2O4S. The van der Waals surface area contributed by atoms with Gasteiger partial charge in [0.2, 0.25) is 0 Å². The maximum Gasteiger partial charge on any atom is 0.256 e. The first kappa shape index (κ1) is 22.0. The van der Waals surface area contributed by atoms with Gasteiger partial charge < -0.3 is 20.1 Å². The SMILES string of the molecule is COc1ccc(C2(CNC(=O)c3ccccc3NC(=O)c3ccsc3)CCOCC2)cc1. The molecule has 1 aromatic heterocycles. The fourth-order valence-electron chi connectivity index (χ4n) is 4.00. The summed E-state index contributed by atoms with van der Waals surface area (Å²) in [5.74, 6) is 0.353. The molecule has 2 amide bonds. The van der Waals surface area contributed by atoms with Crippen molar-refractivity contribution in [3.63, 3.8) is 0 Å². The molecule has 0 bridgehead atoms. The quantitative estimate of drug-likeness (QED) is 0.556. The summed E-state index contributed by atoms with van der Waals surface area (Å²) in [4.78, 5) is 25.6. The van der Waals surface area contributed by atoms with Crippen LogP contribution < -0.4 is 15.4 Å². The monoisotopic (exact) mass is 450 g/mol. The molecule has 32 heavy (non-hydrogen) atoms. The van der Waals surface area contributed by atoms with E-state index in [1.165, 1.54) is 11.3 Å². The van der Waals surface area contributed by atoms with Gasteiger partial charge in [0.15, 0.2) is 0 Å². The highest BCUT2D eigenvalue weighted by molar-refractivity contribution is 7.08. The number of methoxy groups -OCH3 is 1. The maximum absolute atomic E-state index is 13.1. The lowest BCUT2D eigenvalue weighted by Crippen LogP contribution is -2.44. The Hall–Kier alpha value is -3.16. The van der Waals surface area contributed by atoms with E-state index >= 15 is 0 Å². The number of ether oxygens (including phenoxy) is 2. The molecule has 0 unspecified atom stereocenters. The number of hydrogen-bond donors (Lipinski definition) is 2. The number of nitrogens with one attached hydrogen (secondary N) is 2. The van der Waals surface area contributed by atoms with Gasteiger partial charge in [0.1, 0.15) is 5.75 Å². The summed E-state index contributed by atoms with van der Waals surface area (Å²) >= 11 is 1.45. The first-order valence-electron chi connectivity index (χ1n) is 10.5. The molecule has 2 aromatic carbocycles. The summed E-state index contributed by atoms with van der Waals surface area (Å²) in [5, 5.41) is 9.60. The van der Waals surface area contributed by atoms with Gasteiger partial charge in [-0.05, 0) is 54.1 Å². The van der Waals surface area contributed by atoms with Crippen LogP contribution in [0.1, 0.15) is 39.1 Å². The van der Waals surface area contributed by atoms with Crippen LogP contribution in [-0.4, -0.2) is 38.7 Å². The number of thiophene rings is 1. The van der Waals surface area contributed by atoms with Crippen LogP contribution in [0.5, 0.6) is 5.75 Å². The predicted molar refractivity (Wildman–Crippen MR) is 126 cm³/mol. The molecule has 7 heteroatoms. The number of benzene rings is 2. The van der Waals surface area contributed by atoms with Gasteiger partial charge in [0, 0.05) is 30.6 Å². The van der Waals surface area contributed by atoms with Crippen molar-refractivity contribution in [3.8, 4) is 5.75 Å². The lowest BCUT2D eigenvalue weighted by Gasteiger charge is -2.38. The van der Waals surface area contributed by atoms with Crippen LogP contribution in [-0.2, 0) is 10.2 Å². The molecule has 2 heterocycles. The van der Waals surface area contributed by atoms with Crippen molar-refractivity contribution in [1.29, 1.82) is 0 Å². The van der Waals surface area contributed by atoms with Gasteiger partial charge in [-0.1, -0.05) is 24.3 Å². The van der Waals surface area contributed by atoms with Crippen LogP contribution in [0.3, 0.4) is 0 Å². The van der Waals surface area contributed by atoms with Crippen LogP contribution in [0.15, 0.2) is 65.4 Å². The zero-order valence-electron chi connectivity index (χ0n) is 17.9. The third kappa shape index (κ3) is 4.84. The normalized spacial score (nSPS) is 15.0. The Morgan fingerprint density at radius 3 is 2.47 bits per heavy atom. The molecule has 1 fully saturated rings. The zero-order chi connectivity index (χ0) is 22.4. The number of hydrogen-bond acceptors (Lipinski definition) is 5. The molecule has 1 aliphatic heterocycles. The van der Waals surface area contributed by atoms with Crippen LogP contribution in [0.2, 0.25) is 0 Å². The molecule has 0 radical (unpaired) electrons. The fraction of sp³-hybridized carbons (Fsp3) is 0.280. The molecule has 3 aromatic rings. The summed E-state index contributed by atoms with van der Waals surface area (Å²) in [6, 6.07) is 16.8. The number of amides is 2. The molecule has 0 saturated carbocycles. The Bertz CT molecular complexity index is 1060. The molecule has 0 atom stereocenters. The third-order valence-electron chi connectivity index (χ3n) is 5.94. The summed E-state index contributed by atoms with van der Waals surface area (Å²) in [5.41, 5.74) is 2.45. The van der Waals surface area contributed by atoms with Gasteiger partial charge in [0.25, 0.3) is 11.8 Å². The standard InChI is InChI=1S/C25H26N2O4S/c1-30-20-8-6-19(7-9-20)25(11-13-31-14-12-25)17-26-24(29)21-4-2-3-5-22(21)27-23(28)18-10-15-32-16-18/h2-10,15-16H,11-14,17H2,1H3,(H,26,29)(H,27,28). The molecule has 0 aliphatic carbocycles. The van der Waals surface area contributed by atoms with Crippen LogP contribution in [0.25, 0.3) is 0 Å². The van der Waals surface area contributed by atoms with E-state index in [0.717, 1.165) is 24.2 Å². The number of para-hydroxylation sites is 1. The Labute approximate surface area is 191 Å². The Morgan fingerprint density at radius 2 is 1.78 bits per heavy atom. The van der Waals surface area contributed by atoms with E-state index in [1.54, 1.807) is 42.8 Å². The number of carbonyl (C=O) groups excluding carboxylic acids is 2. The van der Waals surface area contributed by atoms with Gasteiger partial charge in [0.05, 0.1) is 23.9 Å². The second-order valence-electron chi connectivity index (χ2n) is 7.82. The third-order valence-corrected chi connectivity index (χ3v) is 6.63. The zero-order valence-corrected chi connectivity index (χ0v) is 18.7. The first-order valence-corrected chi connectivity index (χ1v) is 11.5. The number of carbonyl (C=O) groups is 2. The highest BCUT2D eigenvalue weighted by atomic mass is 32.1. The van der Waals surface area contributed by atoms with Crippen LogP contribution in [0, 0.1) is 0 Å². The minimum Gasteiger partial charge on any atom is -0.497 e. The summed E-state index contributed by atoms with van der Waals surface area (Å²) in [6.07, 6.45) is 1.63. The van der Waals surface area contributed by atoms with Crippen LogP contribution in [0.4, 0.5) is 5.69 Å². The molecular weight excluding hydrogens is 424 g/mol. The Morgan fingerprint density at radius 1 is 1.03 bits per heavy atom. The van der Waals surface area contributed by atoms with E-state index in [-0.39, 0.29) is 17.2 Å². The highest BCUT2D eigenvalue weighted by Crippen LogP contribution is 2.35. The molecule has 166 valence electrons. The van der Waals surface area contributed by atoms with E-state index in [9.17, 15) is 9.59 Å². The highest BCUT2D eigenvalue weighted by Gasteiger charge is 2.35. The molecule has 2 N–H and O–H groups in total. The average Bonchev–Trinajstić information content (AvgIpc) is 3.39. The van der Waals surface area contributed by atoms with Crippen molar-refractivity contribution in [2.45, 2.75) is 18.3 Å². The molecule has 1 aliphatic rings. The smallest absolute Gasteiger partial charge is 0.256 e. The molecule has 0 spiro atoms. The fourth-order valence-corrected chi connectivity index (χ4v) is 4.63. The van der Waals surface area contributed by atoms with Gasteiger partial charge in [-0.15, -0.1) is 0 Å². The van der Waals surface area contributed by atoms with Crippen molar-refractivity contribution in [3.05, 3.63) is 82.0 Å². The summed E-state index contributed by atoms with van der Waals surface area (Å²) < 4.78 is 10.9. The second kappa shape index (κ2) is 9.97. The van der Waals surface area contributed by atoms with E-state index in [4.69, 9.17) is 9.47 Å². The van der Waals surface area contributed by atoms with E-state index in [0.29, 0.717) is 36.6 Å². The molecule has 1 saturated heterocycles. The van der Waals surface area contributed by atoms with Crippen molar-refractivity contribution < 1.29 is 19.1 Å². The average molecular weight is 451 g/mol. The van der Waals surface area contributed by atoms with Crippen LogP contribution >= 0.6 is 11.3 Å². The van der Waals surface area contributed by atoms with Crippen molar-refractivity contribution in [2.24, 2.45) is 0 Å². The summed E-state index contributed by atoms with van der Waals surface area (Å²) in [7, 11) is 1.65. The number of rotatable bonds is 7. The van der Waals surface area contributed by atoms with Gasteiger partial charge in [-0.2, -0.15) is 11.3 Å². The van der Waals surface area contributed by atoms with Gasteiger partial charge in [-0.25, -0.2) is 0 Å². The first-order chi connectivity index (χ1) is 15.6. The minimum atomic E-state index is -0.231. The summed E-state index contributed by atoms with van der Waals surface area (Å²) in [6.45, 7) is 1.78. The lowest BCUT2D eigenvalue weighted by molar-refractivity contribution is 0.0487. The topological polar surface area (TPSA) is 76.7 Å². The second-order valence-corrected chi connectivity index (χ2v) is 8.60.